The summed E-state index contributed by atoms with van der Waals surface area (Å²) in [4.78, 5) is 26.7. The van der Waals surface area contributed by atoms with Crippen molar-refractivity contribution in [1.82, 2.24) is 4.90 Å². The summed E-state index contributed by atoms with van der Waals surface area (Å²) in [6.07, 6.45) is 12.9. The van der Waals surface area contributed by atoms with Crippen LogP contribution in [0.2, 0.25) is 0 Å². The summed E-state index contributed by atoms with van der Waals surface area (Å²) in [7, 11) is 0. The van der Waals surface area contributed by atoms with Crippen molar-refractivity contribution in [2.75, 3.05) is 31.7 Å². The summed E-state index contributed by atoms with van der Waals surface area (Å²) in [6.45, 7) is 5.19. The number of nitrogens with zero attached hydrogens (tertiary/aromatic N) is 1. The monoisotopic (exact) mass is 458 g/mol. The van der Waals surface area contributed by atoms with Crippen LogP contribution in [0.1, 0.15) is 89.5 Å². The predicted octanol–water partition coefficient (Wildman–Crippen LogP) is 5.49. The fourth-order valence-electron chi connectivity index (χ4n) is 4.74. The van der Waals surface area contributed by atoms with E-state index in [0.717, 1.165) is 81.7 Å². The molecular formula is C27H42N2O4. The molecule has 1 aliphatic carbocycles. The van der Waals surface area contributed by atoms with Crippen LogP contribution in [-0.2, 0) is 20.7 Å². The van der Waals surface area contributed by atoms with Gasteiger partial charge in [0, 0.05) is 44.3 Å². The van der Waals surface area contributed by atoms with Crippen molar-refractivity contribution in [3.63, 3.8) is 0 Å². The van der Waals surface area contributed by atoms with Gasteiger partial charge in [-0.1, -0.05) is 32.6 Å². The van der Waals surface area contributed by atoms with E-state index in [1.165, 1.54) is 25.7 Å². The predicted molar refractivity (Wildman–Crippen MR) is 132 cm³/mol. The molecule has 33 heavy (non-hydrogen) atoms. The molecule has 2 aliphatic rings. The highest BCUT2D eigenvalue weighted by Crippen LogP contribution is 2.27. The van der Waals surface area contributed by atoms with Crippen molar-refractivity contribution < 1.29 is 19.1 Å². The number of rotatable bonds is 14. The zero-order valence-corrected chi connectivity index (χ0v) is 20.4. The van der Waals surface area contributed by atoms with Gasteiger partial charge in [-0.3, -0.25) is 9.59 Å². The molecular weight excluding hydrogens is 416 g/mol. The molecule has 1 heterocycles. The Morgan fingerprint density at radius 1 is 1.03 bits per heavy atom. The molecule has 1 N–H and O–H groups in total. The van der Waals surface area contributed by atoms with E-state index in [1.807, 2.05) is 18.2 Å². The third-order valence-corrected chi connectivity index (χ3v) is 6.69. The number of unbranched alkanes of at least 4 members (excludes halogenated alkanes) is 2. The zero-order valence-electron chi connectivity index (χ0n) is 20.4. The lowest BCUT2D eigenvalue weighted by Crippen LogP contribution is -2.42. The third kappa shape index (κ3) is 8.65. The van der Waals surface area contributed by atoms with Crippen LogP contribution in [0.25, 0.3) is 0 Å². The number of ether oxygens (including phenoxy) is 2. The molecule has 1 aromatic carbocycles. The molecule has 6 heteroatoms. The van der Waals surface area contributed by atoms with Crippen molar-refractivity contribution >= 4 is 17.5 Å². The van der Waals surface area contributed by atoms with Crippen molar-refractivity contribution in [2.24, 2.45) is 0 Å². The molecule has 0 spiro atoms. The number of amides is 2. The number of anilines is 1. The minimum atomic E-state index is 0.0706. The molecule has 184 valence electrons. The molecule has 0 atom stereocenters. The largest absolute Gasteiger partial charge is 0.494 e. The Kier molecular flexibility index (Phi) is 11.0. The number of hydrogen-bond donors (Lipinski definition) is 1. The van der Waals surface area contributed by atoms with E-state index in [9.17, 15) is 9.59 Å². The average molecular weight is 459 g/mol. The Morgan fingerprint density at radius 2 is 1.85 bits per heavy atom. The molecule has 6 nitrogen and oxygen atoms in total. The van der Waals surface area contributed by atoms with E-state index < -0.39 is 0 Å². The van der Waals surface area contributed by atoms with E-state index in [4.69, 9.17) is 9.47 Å². The molecule has 0 unspecified atom stereocenters. The second-order valence-electron chi connectivity index (χ2n) is 9.37. The molecule has 1 fully saturated rings. The Hall–Kier alpha value is -2.08. The standard InChI is InChI=1S/C27H42N2O4/c1-2-3-18-32-19-8-7-17-29(23-10-5-4-6-11-23)27(31)12-9-20-33-24-14-15-25-22(21-24)13-16-26(30)28-25/h14-15,21,23H,2-13,16-20H2,1H3,(H,28,30). The van der Waals surface area contributed by atoms with Gasteiger partial charge in [-0.2, -0.15) is 0 Å². The van der Waals surface area contributed by atoms with Gasteiger partial charge in [-0.05, 0) is 68.7 Å². The second kappa shape index (κ2) is 14.2. The summed E-state index contributed by atoms with van der Waals surface area (Å²) >= 11 is 0. The first-order valence-corrected chi connectivity index (χ1v) is 13.1. The van der Waals surface area contributed by atoms with Crippen LogP contribution in [0, 0.1) is 0 Å². The van der Waals surface area contributed by atoms with Gasteiger partial charge in [0.1, 0.15) is 5.75 Å². The van der Waals surface area contributed by atoms with Crippen LogP contribution in [0.15, 0.2) is 18.2 Å². The minimum Gasteiger partial charge on any atom is -0.494 e. The second-order valence-corrected chi connectivity index (χ2v) is 9.37. The number of benzene rings is 1. The highest BCUT2D eigenvalue weighted by molar-refractivity contribution is 5.94. The number of aryl methyl sites for hydroxylation is 1. The minimum absolute atomic E-state index is 0.0706. The highest BCUT2D eigenvalue weighted by Gasteiger charge is 2.24. The zero-order chi connectivity index (χ0) is 23.3. The highest BCUT2D eigenvalue weighted by atomic mass is 16.5. The fraction of sp³-hybridized carbons (Fsp3) is 0.704. The third-order valence-electron chi connectivity index (χ3n) is 6.69. The summed E-state index contributed by atoms with van der Waals surface area (Å²) in [5, 5.41) is 2.89. The van der Waals surface area contributed by atoms with Crippen LogP contribution in [-0.4, -0.2) is 49.1 Å². The maximum absolute atomic E-state index is 13.1. The van der Waals surface area contributed by atoms with Gasteiger partial charge in [0.15, 0.2) is 0 Å². The van der Waals surface area contributed by atoms with Crippen LogP contribution in [0.3, 0.4) is 0 Å². The topological polar surface area (TPSA) is 67.9 Å². The van der Waals surface area contributed by atoms with Gasteiger partial charge in [-0.15, -0.1) is 0 Å². The van der Waals surface area contributed by atoms with E-state index in [2.05, 4.69) is 17.1 Å². The van der Waals surface area contributed by atoms with Crippen LogP contribution in [0.4, 0.5) is 5.69 Å². The fourth-order valence-corrected chi connectivity index (χ4v) is 4.74. The lowest BCUT2D eigenvalue weighted by Gasteiger charge is -2.34. The lowest BCUT2D eigenvalue weighted by atomic mass is 9.93. The van der Waals surface area contributed by atoms with E-state index in [-0.39, 0.29) is 11.8 Å². The summed E-state index contributed by atoms with van der Waals surface area (Å²) in [5.74, 6) is 1.15. The Bertz CT molecular complexity index is 746. The molecule has 1 aromatic rings. The summed E-state index contributed by atoms with van der Waals surface area (Å²) in [5.41, 5.74) is 2.00. The molecule has 1 saturated carbocycles. The van der Waals surface area contributed by atoms with Crippen LogP contribution < -0.4 is 10.1 Å². The van der Waals surface area contributed by atoms with E-state index in [0.29, 0.717) is 25.5 Å². The van der Waals surface area contributed by atoms with Gasteiger partial charge >= 0.3 is 0 Å². The van der Waals surface area contributed by atoms with Crippen LogP contribution >= 0.6 is 0 Å². The molecule has 0 saturated heterocycles. The first-order chi connectivity index (χ1) is 16.2. The van der Waals surface area contributed by atoms with E-state index in [1.54, 1.807) is 0 Å². The summed E-state index contributed by atoms with van der Waals surface area (Å²) < 4.78 is 11.6. The van der Waals surface area contributed by atoms with Crippen molar-refractivity contribution in [2.45, 2.75) is 96.4 Å². The van der Waals surface area contributed by atoms with Gasteiger partial charge < -0.3 is 19.7 Å². The van der Waals surface area contributed by atoms with Gasteiger partial charge in [0.25, 0.3) is 0 Å². The van der Waals surface area contributed by atoms with Crippen LogP contribution in [0.5, 0.6) is 5.75 Å². The first kappa shape index (κ1) is 25.5. The quantitative estimate of drug-likeness (QED) is 0.374. The van der Waals surface area contributed by atoms with Crippen molar-refractivity contribution in [3.8, 4) is 5.75 Å². The SMILES string of the molecule is CCCCOCCCCN(C(=O)CCCOc1ccc2c(c1)CCC(=O)N2)C1CCCCC1. The molecule has 0 bridgehead atoms. The molecule has 2 amide bonds. The number of hydrogen-bond acceptors (Lipinski definition) is 4. The number of carbonyl (C=O) groups excluding carboxylic acids is 2. The summed E-state index contributed by atoms with van der Waals surface area (Å²) in [6, 6.07) is 6.21. The first-order valence-electron chi connectivity index (χ1n) is 13.1. The average Bonchev–Trinajstić information content (AvgIpc) is 2.84. The van der Waals surface area contributed by atoms with Crippen molar-refractivity contribution in [3.05, 3.63) is 23.8 Å². The Balaban J connectivity index is 1.40. The number of nitrogens with one attached hydrogen (secondary N) is 1. The molecule has 0 aromatic heterocycles. The van der Waals surface area contributed by atoms with E-state index >= 15 is 0 Å². The normalized spacial score (nSPS) is 16.2. The smallest absolute Gasteiger partial charge is 0.224 e. The lowest BCUT2D eigenvalue weighted by molar-refractivity contribution is -0.134. The Morgan fingerprint density at radius 3 is 2.67 bits per heavy atom. The van der Waals surface area contributed by atoms with Gasteiger partial charge in [-0.25, -0.2) is 0 Å². The number of carbonyl (C=O) groups is 2. The molecule has 3 rings (SSSR count). The van der Waals surface area contributed by atoms with Crippen molar-refractivity contribution in [1.29, 1.82) is 0 Å². The number of fused-ring (bicyclic) bond motifs is 1. The Labute approximate surface area is 199 Å². The molecule has 1 aliphatic heterocycles. The van der Waals surface area contributed by atoms with Gasteiger partial charge in [0.2, 0.25) is 11.8 Å². The maximum atomic E-state index is 13.1. The van der Waals surface area contributed by atoms with Gasteiger partial charge in [0.05, 0.1) is 6.61 Å². The molecule has 0 radical (unpaired) electrons. The maximum Gasteiger partial charge on any atom is 0.224 e.